The van der Waals surface area contributed by atoms with Crippen LogP contribution in [-0.2, 0) is 27.5 Å². The molecule has 0 radical (unpaired) electrons. The molecule has 0 aromatic heterocycles. The number of ether oxygens (including phenoxy) is 1. The van der Waals surface area contributed by atoms with Crippen LogP contribution >= 0.6 is 11.6 Å². The zero-order valence-corrected chi connectivity index (χ0v) is 16.2. The summed E-state index contributed by atoms with van der Waals surface area (Å²) in [5.74, 6) is -1.54. The monoisotopic (exact) mass is 392 g/mol. The second kappa shape index (κ2) is 9.48. The summed E-state index contributed by atoms with van der Waals surface area (Å²) < 4.78 is 19.6. The molecule has 0 bridgehead atoms. The maximum absolute atomic E-state index is 14.4. The molecule has 5 nitrogen and oxygen atoms in total. The summed E-state index contributed by atoms with van der Waals surface area (Å²) in [4.78, 5) is 25.9. The molecule has 144 valence electrons. The van der Waals surface area contributed by atoms with Gasteiger partial charge in [-0.25, -0.2) is 4.39 Å². The normalized spacial score (nSPS) is 11.7. The summed E-state index contributed by atoms with van der Waals surface area (Å²) in [6, 6.07) is 10.5. The maximum atomic E-state index is 14.4. The summed E-state index contributed by atoms with van der Waals surface area (Å²) in [5.41, 5.74) is 1.77. The predicted molar refractivity (Wildman–Crippen MR) is 102 cm³/mol. The summed E-state index contributed by atoms with van der Waals surface area (Å²) in [6.07, 6.45) is 0. The van der Waals surface area contributed by atoms with Crippen molar-refractivity contribution in [1.29, 1.82) is 0 Å². The smallest absolute Gasteiger partial charge is 0.247 e. The Morgan fingerprint density at radius 2 is 1.85 bits per heavy atom. The van der Waals surface area contributed by atoms with Gasteiger partial charge in [-0.3, -0.25) is 9.59 Å². The van der Waals surface area contributed by atoms with Gasteiger partial charge in [-0.2, -0.15) is 0 Å². The van der Waals surface area contributed by atoms with Gasteiger partial charge in [-0.05, 0) is 23.3 Å². The Hall–Kier alpha value is -2.44. The number of nitrogens with one attached hydrogen (secondary N) is 1. The molecule has 7 heteroatoms. The number of amides is 2. The molecule has 0 fully saturated rings. The van der Waals surface area contributed by atoms with Crippen LogP contribution < -0.4 is 5.32 Å². The third-order valence-corrected chi connectivity index (χ3v) is 4.61. The lowest BCUT2D eigenvalue weighted by atomic mass is 10.0. The van der Waals surface area contributed by atoms with Gasteiger partial charge in [0.25, 0.3) is 0 Å². The van der Waals surface area contributed by atoms with E-state index in [1.165, 1.54) is 37.1 Å². The van der Waals surface area contributed by atoms with Gasteiger partial charge in [0.2, 0.25) is 11.8 Å². The number of benzene rings is 2. The molecule has 27 heavy (non-hydrogen) atoms. The Balaban J connectivity index is 2.29. The highest BCUT2D eigenvalue weighted by Crippen LogP contribution is 2.30. The van der Waals surface area contributed by atoms with E-state index < -0.39 is 17.8 Å². The lowest BCUT2D eigenvalue weighted by molar-refractivity contribution is -0.137. The lowest BCUT2D eigenvalue weighted by Gasteiger charge is -2.27. The summed E-state index contributed by atoms with van der Waals surface area (Å²) in [6.45, 7) is 1.93. The Bertz CT molecular complexity index is 808. The van der Waals surface area contributed by atoms with Gasteiger partial charge in [-0.1, -0.05) is 41.9 Å². The second-order valence-corrected chi connectivity index (χ2v) is 6.49. The molecule has 0 aliphatic rings. The zero-order chi connectivity index (χ0) is 20.0. The molecule has 1 atom stereocenters. The van der Waals surface area contributed by atoms with Crippen molar-refractivity contribution < 1.29 is 18.7 Å². The van der Waals surface area contributed by atoms with Crippen LogP contribution in [-0.4, -0.2) is 30.9 Å². The third kappa shape index (κ3) is 5.05. The quantitative estimate of drug-likeness (QED) is 0.785. The minimum atomic E-state index is -1.18. The number of likely N-dealkylation sites (N-methyl/N-ethyl adjacent to an activating group) is 1. The van der Waals surface area contributed by atoms with Crippen LogP contribution in [0.25, 0.3) is 0 Å². The van der Waals surface area contributed by atoms with E-state index in [1.807, 2.05) is 24.3 Å². The van der Waals surface area contributed by atoms with Crippen LogP contribution in [0.3, 0.4) is 0 Å². The first-order chi connectivity index (χ1) is 12.9. The standard InChI is InChI=1S/C20H22ClFN2O3/c1-13(25)24(2)19(18-16(21)9-6-10-17(18)22)20(26)23-11-14-7-4-5-8-15(14)12-27-3/h4-10,19H,11-12H2,1-3H3,(H,23,26)/t19-/m1/s1. The van der Waals surface area contributed by atoms with Gasteiger partial charge in [-0.15, -0.1) is 0 Å². The Labute approximate surface area is 163 Å². The fourth-order valence-corrected chi connectivity index (χ4v) is 3.03. The van der Waals surface area contributed by atoms with E-state index in [0.29, 0.717) is 6.61 Å². The van der Waals surface area contributed by atoms with Gasteiger partial charge in [0, 0.05) is 38.2 Å². The second-order valence-electron chi connectivity index (χ2n) is 6.09. The number of methoxy groups -OCH3 is 1. The molecule has 0 saturated carbocycles. The number of hydrogen-bond donors (Lipinski definition) is 1. The number of halogens is 2. The van der Waals surface area contributed by atoms with Crippen molar-refractivity contribution >= 4 is 23.4 Å². The Kier molecular flexibility index (Phi) is 7.33. The molecule has 0 spiro atoms. The molecule has 2 amide bonds. The summed E-state index contributed by atoms with van der Waals surface area (Å²) in [7, 11) is 3.03. The molecule has 1 N–H and O–H groups in total. The van der Waals surface area contributed by atoms with E-state index in [0.717, 1.165) is 11.1 Å². The van der Waals surface area contributed by atoms with Crippen molar-refractivity contribution in [3.05, 3.63) is 70.0 Å². The Morgan fingerprint density at radius 3 is 2.44 bits per heavy atom. The molecule has 0 aliphatic carbocycles. The zero-order valence-electron chi connectivity index (χ0n) is 15.5. The van der Waals surface area contributed by atoms with Gasteiger partial charge in [0.1, 0.15) is 11.9 Å². The van der Waals surface area contributed by atoms with Crippen LogP contribution in [0.4, 0.5) is 4.39 Å². The average molecular weight is 393 g/mol. The predicted octanol–water partition coefficient (Wildman–Crippen LogP) is 3.46. The molecular weight excluding hydrogens is 371 g/mol. The SMILES string of the molecule is COCc1ccccc1CNC(=O)[C@@H](c1c(F)cccc1Cl)N(C)C(C)=O. The lowest BCUT2D eigenvalue weighted by Crippen LogP contribution is -2.41. The average Bonchev–Trinajstić information content (AvgIpc) is 2.63. The molecule has 0 unspecified atom stereocenters. The van der Waals surface area contributed by atoms with Crippen molar-refractivity contribution in [1.82, 2.24) is 10.2 Å². The Morgan fingerprint density at radius 1 is 1.19 bits per heavy atom. The van der Waals surface area contributed by atoms with Crippen LogP contribution in [0.2, 0.25) is 5.02 Å². The third-order valence-electron chi connectivity index (χ3n) is 4.28. The first-order valence-electron chi connectivity index (χ1n) is 8.37. The maximum Gasteiger partial charge on any atom is 0.247 e. The summed E-state index contributed by atoms with van der Waals surface area (Å²) >= 11 is 6.13. The van der Waals surface area contributed by atoms with Crippen LogP contribution in [0, 0.1) is 5.82 Å². The molecule has 2 rings (SSSR count). The summed E-state index contributed by atoms with van der Waals surface area (Å²) in [5, 5.41) is 2.86. The van der Waals surface area contributed by atoms with Crippen molar-refractivity contribution in [3.8, 4) is 0 Å². The van der Waals surface area contributed by atoms with E-state index in [-0.39, 0.29) is 23.0 Å². The highest BCUT2D eigenvalue weighted by Gasteiger charge is 2.31. The van der Waals surface area contributed by atoms with Gasteiger partial charge >= 0.3 is 0 Å². The van der Waals surface area contributed by atoms with Crippen LogP contribution in [0.5, 0.6) is 0 Å². The van der Waals surface area contributed by atoms with Gasteiger partial charge < -0.3 is 15.0 Å². The van der Waals surface area contributed by atoms with E-state index in [1.54, 1.807) is 7.11 Å². The number of hydrogen-bond acceptors (Lipinski definition) is 3. The van der Waals surface area contributed by atoms with Crippen LogP contribution in [0.15, 0.2) is 42.5 Å². The number of carbonyl (C=O) groups is 2. The number of nitrogens with zero attached hydrogens (tertiary/aromatic N) is 1. The molecule has 2 aromatic carbocycles. The minimum Gasteiger partial charge on any atom is -0.380 e. The first-order valence-corrected chi connectivity index (χ1v) is 8.75. The van der Waals surface area contributed by atoms with Crippen molar-refractivity contribution in [2.24, 2.45) is 0 Å². The topological polar surface area (TPSA) is 58.6 Å². The van der Waals surface area contributed by atoms with E-state index in [9.17, 15) is 14.0 Å². The first kappa shape index (κ1) is 20.9. The van der Waals surface area contributed by atoms with E-state index >= 15 is 0 Å². The van der Waals surface area contributed by atoms with E-state index in [2.05, 4.69) is 5.32 Å². The van der Waals surface area contributed by atoms with Crippen LogP contribution in [0.1, 0.15) is 29.7 Å². The van der Waals surface area contributed by atoms with E-state index in [4.69, 9.17) is 16.3 Å². The van der Waals surface area contributed by atoms with Gasteiger partial charge in [0.15, 0.2) is 0 Å². The highest BCUT2D eigenvalue weighted by molar-refractivity contribution is 6.31. The number of carbonyl (C=O) groups excluding carboxylic acids is 2. The van der Waals surface area contributed by atoms with Crippen molar-refractivity contribution in [3.63, 3.8) is 0 Å². The van der Waals surface area contributed by atoms with Crippen molar-refractivity contribution in [2.45, 2.75) is 26.1 Å². The molecule has 0 saturated heterocycles. The molecule has 2 aromatic rings. The molecule has 0 heterocycles. The molecular formula is C20H22ClFN2O3. The minimum absolute atomic E-state index is 0.0282. The molecule has 0 aliphatic heterocycles. The highest BCUT2D eigenvalue weighted by atomic mass is 35.5. The number of rotatable bonds is 7. The largest absolute Gasteiger partial charge is 0.380 e. The fraction of sp³-hybridized carbons (Fsp3) is 0.300. The van der Waals surface area contributed by atoms with Crippen molar-refractivity contribution in [2.75, 3.05) is 14.2 Å². The fourth-order valence-electron chi connectivity index (χ4n) is 2.76. The van der Waals surface area contributed by atoms with Gasteiger partial charge in [0.05, 0.1) is 6.61 Å².